The van der Waals surface area contributed by atoms with Crippen molar-refractivity contribution in [3.63, 3.8) is 0 Å². The lowest BCUT2D eigenvalue weighted by Gasteiger charge is -2.14. The van der Waals surface area contributed by atoms with Gasteiger partial charge in [-0.25, -0.2) is 4.39 Å². The van der Waals surface area contributed by atoms with Crippen molar-refractivity contribution in [2.45, 2.75) is 26.2 Å². The van der Waals surface area contributed by atoms with Crippen LogP contribution in [0.5, 0.6) is 0 Å². The van der Waals surface area contributed by atoms with E-state index in [0.29, 0.717) is 11.1 Å². The number of carbonyl (C=O) groups excluding carboxylic acids is 1. The number of hydrogen-bond donors (Lipinski definition) is 0. The molecule has 0 bridgehead atoms. The van der Waals surface area contributed by atoms with Crippen LogP contribution in [-0.2, 0) is 0 Å². The van der Waals surface area contributed by atoms with Gasteiger partial charge < -0.3 is 0 Å². The molecule has 0 saturated carbocycles. The summed E-state index contributed by atoms with van der Waals surface area (Å²) in [7, 11) is 0. The molecule has 0 N–H and O–H groups in total. The Bertz CT molecular complexity index is 575. The van der Waals surface area contributed by atoms with E-state index in [1.165, 1.54) is 6.07 Å². The smallest absolute Gasteiger partial charge is 0.170 e. The minimum Gasteiger partial charge on any atom is -0.293 e. The molecule has 2 aromatic rings. The van der Waals surface area contributed by atoms with E-state index in [4.69, 9.17) is 0 Å². The fraction of sp³-hybridized carbons (Fsp3) is 0.235. The van der Waals surface area contributed by atoms with E-state index in [-0.39, 0.29) is 17.5 Å². The number of rotatable bonds is 4. The van der Waals surface area contributed by atoms with E-state index in [1.54, 1.807) is 19.1 Å². The summed E-state index contributed by atoms with van der Waals surface area (Å²) < 4.78 is 13.3. The molecule has 0 heterocycles. The normalized spacial score (nSPS) is 12.2. The molecule has 1 nitrogen and oxygen atoms in total. The molecule has 2 aromatic carbocycles. The standard InChI is InChI=1S/C17H17FO/c1-3-15(13-7-5-4-6-8-13)17(19)14-9-10-16(18)12(2)11-14/h4-11,15H,3H2,1-2H3. The minimum absolute atomic E-state index is 0.0526. The summed E-state index contributed by atoms with van der Waals surface area (Å²) in [5.74, 6) is -0.382. The molecule has 0 spiro atoms. The zero-order chi connectivity index (χ0) is 13.8. The fourth-order valence-electron chi connectivity index (χ4n) is 2.26. The maximum Gasteiger partial charge on any atom is 0.170 e. The van der Waals surface area contributed by atoms with Crippen molar-refractivity contribution in [1.29, 1.82) is 0 Å². The SMILES string of the molecule is CCC(C(=O)c1ccc(F)c(C)c1)c1ccccc1. The van der Waals surface area contributed by atoms with Crippen LogP contribution < -0.4 is 0 Å². The molecule has 19 heavy (non-hydrogen) atoms. The van der Waals surface area contributed by atoms with E-state index in [0.717, 1.165) is 12.0 Å². The molecule has 98 valence electrons. The molecule has 0 aliphatic heterocycles. The van der Waals surface area contributed by atoms with Crippen molar-refractivity contribution in [1.82, 2.24) is 0 Å². The third-order valence-corrected chi connectivity index (χ3v) is 3.37. The van der Waals surface area contributed by atoms with E-state index in [1.807, 2.05) is 37.3 Å². The Morgan fingerprint density at radius 3 is 2.42 bits per heavy atom. The van der Waals surface area contributed by atoms with Crippen molar-refractivity contribution in [3.05, 3.63) is 71.0 Å². The number of aryl methyl sites for hydroxylation is 1. The molecule has 0 amide bonds. The molecule has 0 aromatic heterocycles. The number of benzene rings is 2. The number of halogens is 1. The van der Waals surface area contributed by atoms with E-state index in [2.05, 4.69) is 0 Å². The highest BCUT2D eigenvalue weighted by Crippen LogP contribution is 2.24. The predicted octanol–water partition coefficient (Wildman–Crippen LogP) is 4.51. The maximum absolute atomic E-state index is 13.3. The minimum atomic E-state index is -0.274. The first-order valence-corrected chi connectivity index (χ1v) is 6.48. The molecule has 0 fully saturated rings. The van der Waals surface area contributed by atoms with Crippen molar-refractivity contribution in [3.8, 4) is 0 Å². The monoisotopic (exact) mass is 256 g/mol. The van der Waals surface area contributed by atoms with Crippen LogP contribution in [0.4, 0.5) is 4.39 Å². The third-order valence-electron chi connectivity index (χ3n) is 3.37. The average molecular weight is 256 g/mol. The van der Waals surface area contributed by atoms with Gasteiger partial charge in [0.05, 0.1) is 0 Å². The van der Waals surface area contributed by atoms with Crippen LogP contribution in [0.3, 0.4) is 0 Å². The summed E-state index contributed by atoms with van der Waals surface area (Å²) >= 11 is 0. The molecule has 0 aliphatic carbocycles. The second kappa shape index (κ2) is 5.79. The summed E-state index contributed by atoms with van der Waals surface area (Å²) in [6.45, 7) is 3.67. The van der Waals surface area contributed by atoms with Gasteiger partial charge >= 0.3 is 0 Å². The van der Waals surface area contributed by atoms with Crippen LogP contribution in [0, 0.1) is 12.7 Å². The summed E-state index contributed by atoms with van der Waals surface area (Å²) in [6, 6.07) is 14.3. The lowest BCUT2D eigenvalue weighted by Crippen LogP contribution is -2.12. The lowest BCUT2D eigenvalue weighted by molar-refractivity contribution is 0.0957. The molecular weight excluding hydrogens is 239 g/mol. The highest BCUT2D eigenvalue weighted by molar-refractivity contribution is 6.01. The van der Waals surface area contributed by atoms with Gasteiger partial charge in [-0.1, -0.05) is 37.3 Å². The number of hydrogen-bond acceptors (Lipinski definition) is 1. The molecule has 0 saturated heterocycles. The second-order valence-corrected chi connectivity index (χ2v) is 4.70. The van der Waals surface area contributed by atoms with Crippen LogP contribution in [0.1, 0.15) is 40.7 Å². The lowest BCUT2D eigenvalue weighted by atomic mass is 9.88. The summed E-state index contributed by atoms with van der Waals surface area (Å²) in [6.07, 6.45) is 0.735. The van der Waals surface area contributed by atoms with Gasteiger partial charge in [0, 0.05) is 11.5 Å². The first-order valence-electron chi connectivity index (χ1n) is 6.48. The molecule has 0 aliphatic rings. The van der Waals surface area contributed by atoms with Gasteiger partial charge in [0.2, 0.25) is 0 Å². The van der Waals surface area contributed by atoms with Gasteiger partial charge in [0.15, 0.2) is 5.78 Å². The number of ketones is 1. The molecule has 2 heteroatoms. The van der Waals surface area contributed by atoms with Crippen molar-refractivity contribution < 1.29 is 9.18 Å². The summed E-state index contributed by atoms with van der Waals surface area (Å²) in [5, 5.41) is 0. The van der Waals surface area contributed by atoms with Crippen LogP contribution >= 0.6 is 0 Å². The van der Waals surface area contributed by atoms with Gasteiger partial charge in [-0.2, -0.15) is 0 Å². The first kappa shape index (κ1) is 13.5. The Morgan fingerprint density at radius 2 is 1.84 bits per heavy atom. The fourth-order valence-corrected chi connectivity index (χ4v) is 2.26. The maximum atomic E-state index is 13.3. The summed E-state index contributed by atoms with van der Waals surface area (Å²) in [4.78, 5) is 12.5. The van der Waals surface area contributed by atoms with Crippen LogP contribution in [-0.4, -0.2) is 5.78 Å². The Balaban J connectivity index is 2.33. The molecular formula is C17H17FO. The van der Waals surface area contributed by atoms with Gasteiger partial charge in [-0.05, 0) is 42.7 Å². The van der Waals surface area contributed by atoms with Crippen molar-refractivity contribution >= 4 is 5.78 Å². The van der Waals surface area contributed by atoms with Crippen molar-refractivity contribution in [2.75, 3.05) is 0 Å². The van der Waals surface area contributed by atoms with Crippen LogP contribution in [0.25, 0.3) is 0 Å². The molecule has 0 radical (unpaired) electrons. The Labute approximate surface area is 113 Å². The Morgan fingerprint density at radius 1 is 1.16 bits per heavy atom. The molecule has 1 atom stereocenters. The second-order valence-electron chi connectivity index (χ2n) is 4.70. The van der Waals surface area contributed by atoms with E-state index >= 15 is 0 Å². The first-order chi connectivity index (χ1) is 9.13. The molecule has 2 rings (SSSR count). The number of carbonyl (C=O) groups is 1. The van der Waals surface area contributed by atoms with Crippen LogP contribution in [0.15, 0.2) is 48.5 Å². The summed E-state index contributed by atoms with van der Waals surface area (Å²) in [5.41, 5.74) is 2.10. The Hall–Kier alpha value is -1.96. The van der Waals surface area contributed by atoms with Crippen molar-refractivity contribution in [2.24, 2.45) is 0 Å². The quantitative estimate of drug-likeness (QED) is 0.735. The van der Waals surface area contributed by atoms with Gasteiger partial charge in [0.1, 0.15) is 5.82 Å². The predicted molar refractivity (Wildman–Crippen MR) is 74.9 cm³/mol. The molecule has 1 unspecified atom stereocenters. The van der Waals surface area contributed by atoms with Crippen LogP contribution in [0.2, 0.25) is 0 Å². The van der Waals surface area contributed by atoms with E-state index < -0.39 is 0 Å². The highest BCUT2D eigenvalue weighted by Gasteiger charge is 2.20. The van der Waals surface area contributed by atoms with Gasteiger partial charge in [-0.15, -0.1) is 0 Å². The van der Waals surface area contributed by atoms with Gasteiger partial charge in [-0.3, -0.25) is 4.79 Å². The zero-order valence-corrected chi connectivity index (χ0v) is 11.2. The largest absolute Gasteiger partial charge is 0.293 e. The zero-order valence-electron chi connectivity index (χ0n) is 11.2. The number of Topliss-reactive ketones (excluding diaryl/α,β-unsaturated/α-hetero) is 1. The highest BCUT2D eigenvalue weighted by atomic mass is 19.1. The van der Waals surface area contributed by atoms with Gasteiger partial charge in [0.25, 0.3) is 0 Å². The third kappa shape index (κ3) is 2.90. The topological polar surface area (TPSA) is 17.1 Å². The average Bonchev–Trinajstić information content (AvgIpc) is 2.44. The van der Waals surface area contributed by atoms with E-state index in [9.17, 15) is 9.18 Å². The Kier molecular flexibility index (Phi) is 4.10.